The third kappa shape index (κ3) is 5.41. The van der Waals surface area contributed by atoms with Gasteiger partial charge in [0, 0.05) is 44.0 Å². The van der Waals surface area contributed by atoms with Crippen molar-refractivity contribution < 1.29 is 4.39 Å². The van der Waals surface area contributed by atoms with Gasteiger partial charge in [-0.2, -0.15) is 0 Å². The predicted octanol–water partition coefficient (Wildman–Crippen LogP) is 3.90. The van der Waals surface area contributed by atoms with Crippen LogP contribution in [0.4, 0.5) is 10.2 Å². The molecule has 1 atom stereocenters. The molecule has 2 N–H and O–H groups in total. The lowest BCUT2D eigenvalue weighted by molar-refractivity contribution is 0.269. The first-order chi connectivity index (χ1) is 18.6. The highest BCUT2D eigenvalue weighted by atomic mass is 19.1. The van der Waals surface area contributed by atoms with Crippen LogP contribution in [0.1, 0.15) is 24.8 Å². The molecule has 6 rings (SSSR count). The number of halogens is 1. The van der Waals surface area contributed by atoms with Crippen molar-refractivity contribution in [1.82, 2.24) is 34.5 Å². The summed E-state index contributed by atoms with van der Waals surface area (Å²) in [7, 11) is 2.18. The molecule has 2 aliphatic heterocycles. The highest BCUT2D eigenvalue weighted by molar-refractivity contribution is 5.69. The number of benzene rings is 1. The lowest BCUT2D eigenvalue weighted by atomic mass is 10.1. The van der Waals surface area contributed by atoms with Crippen LogP contribution < -0.4 is 10.6 Å². The van der Waals surface area contributed by atoms with Gasteiger partial charge >= 0.3 is 0 Å². The fourth-order valence-electron chi connectivity index (χ4n) is 5.40. The Hall–Kier alpha value is -3.40. The standard InChI is InChI=1S/C29H35FN8/c1-36-13-5-14-37(17-16-36)20-21-8-10-22(11-9-21)27-26(30)29(33-23-6-4-12-31-18-23)35-28(34-27)24-19-32-25-7-2-3-15-38(24)25/h2-3,7-11,15,19,23,31H,4-6,12-14,16-18,20H2,1H3,(H,33,34,35)/t23-/m1/s1. The molecule has 5 heterocycles. The van der Waals surface area contributed by atoms with E-state index in [1.165, 1.54) is 12.0 Å². The van der Waals surface area contributed by atoms with Crippen molar-refractivity contribution in [2.24, 2.45) is 0 Å². The molecule has 8 nitrogen and oxygen atoms in total. The third-order valence-corrected chi connectivity index (χ3v) is 7.58. The number of pyridine rings is 1. The maximum atomic E-state index is 16.0. The van der Waals surface area contributed by atoms with E-state index in [-0.39, 0.29) is 11.9 Å². The molecule has 0 unspecified atom stereocenters. The number of hydrogen-bond donors (Lipinski definition) is 2. The number of aromatic nitrogens is 4. The Balaban J connectivity index is 1.33. The van der Waals surface area contributed by atoms with E-state index in [4.69, 9.17) is 4.98 Å². The van der Waals surface area contributed by atoms with Crippen molar-refractivity contribution in [3.05, 3.63) is 66.2 Å². The van der Waals surface area contributed by atoms with Gasteiger partial charge in [-0.1, -0.05) is 30.3 Å². The van der Waals surface area contributed by atoms with Crippen LogP contribution in [0.3, 0.4) is 0 Å². The van der Waals surface area contributed by atoms with E-state index in [1.807, 2.05) is 40.9 Å². The largest absolute Gasteiger partial charge is 0.363 e. The lowest BCUT2D eigenvalue weighted by Crippen LogP contribution is -2.38. The summed E-state index contributed by atoms with van der Waals surface area (Å²) in [6.07, 6.45) is 6.88. The quantitative estimate of drug-likeness (QED) is 0.404. The lowest BCUT2D eigenvalue weighted by Gasteiger charge is -2.25. The maximum Gasteiger partial charge on any atom is 0.191 e. The summed E-state index contributed by atoms with van der Waals surface area (Å²) >= 11 is 0. The van der Waals surface area contributed by atoms with Gasteiger partial charge in [-0.15, -0.1) is 0 Å². The maximum absolute atomic E-state index is 16.0. The van der Waals surface area contributed by atoms with Gasteiger partial charge in [0.25, 0.3) is 0 Å². The van der Waals surface area contributed by atoms with Gasteiger partial charge in [-0.25, -0.2) is 19.3 Å². The Bertz CT molecular complexity index is 1380. The number of likely N-dealkylation sites (N-methyl/N-ethyl adjacent to an activating group) is 1. The van der Waals surface area contributed by atoms with Gasteiger partial charge in [-0.3, -0.25) is 9.30 Å². The number of hydrogen-bond acceptors (Lipinski definition) is 7. The second-order valence-electron chi connectivity index (χ2n) is 10.4. The number of anilines is 1. The van der Waals surface area contributed by atoms with Crippen molar-refractivity contribution in [3.63, 3.8) is 0 Å². The monoisotopic (exact) mass is 514 g/mol. The second-order valence-corrected chi connectivity index (χ2v) is 10.4. The first kappa shape index (κ1) is 24.9. The zero-order valence-corrected chi connectivity index (χ0v) is 21.9. The molecule has 1 aromatic carbocycles. The number of nitrogens with zero attached hydrogens (tertiary/aromatic N) is 6. The first-order valence-corrected chi connectivity index (χ1v) is 13.6. The van der Waals surface area contributed by atoms with Crippen molar-refractivity contribution in [1.29, 1.82) is 0 Å². The molecule has 0 spiro atoms. The number of piperidine rings is 1. The zero-order valence-electron chi connectivity index (χ0n) is 21.9. The Morgan fingerprint density at radius 2 is 1.92 bits per heavy atom. The number of rotatable bonds is 6. The van der Waals surface area contributed by atoms with Crippen molar-refractivity contribution in [3.8, 4) is 22.8 Å². The van der Waals surface area contributed by atoms with Crippen LogP contribution in [0, 0.1) is 5.82 Å². The molecule has 0 saturated carbocycles. The van der Waals surface area contributed by atoms with Crippen LogP contribution in [-0.4, -0.2) is 81.5 Å². The Morgan fingerprint density at radius 1 is 1.03 bits per heavy atom. The smallest absolute Gasteiger partial charge is 0.191 e. The molecule has 38 heavy (non-hydrogen) atoms. The van der Waals surface area contributed by atoms with Crippen LogP contribution in [0.25, 0.3) is 28.4 Å². The Morgan fingerprint density at radius 3 is 2.76 bits per heavy atom. The highest BCUT2D eigenvalue weighted by Gasteiger charge is 2.22. The molecule has 0 bridgehead atoms. The van der Waals surface area contributed by atoms with E-state index in [0.717, 1.165) is 75.6 Å². The summed E-state index contributed by atoms with van der Waals surface area (Å²) in [6, 6.07) is 14.1. The molecule has 0 aliphatic carbocycles. The topological polar surface area (TPSA) is 73.6 Å². The summed E-state index contributed by atoms with van der Waals surface area (Å²) < 4.78 is 17.9. The molecule has 2 saturated heterocycles. The first-order valence-electron chi connectivity index (χ1n) is 13.6. The number of fused-ring (bicyclic) bond motifs is 1. The van der Waals surface area contributed by atoms with Gasteiger partial charge in [0.2, 0.25) is 0 Å². The molecule has 9 heteroatoms. The van der Waals surface area contributed by atoms with E-state index in [9.17, 15) is 0 Å². The molecule has 0 amide bonds. The summed E-state index contributed by atoms with van der Waals surface area (Å²) in [5.74, 6) is 0.267. The summed E-state index contributed by atoms with van der Waals surface area (Å²) in [4.78, 5) is 18.8. The second kappa shape index (κ2) is 11.1. The van der Waals surface area contributed by atoms with Crippen molar-refractivity contribution in [2.45, 2.75) is 31.8 Å². The van der Waals surface area contributed by atoms with Gasteiger partial charge in [-0.05, 0) is 63.6 Å². The summed E-state index contributed by atoms with van der Waals surface area (Å²) in [6.45, 7) is 7.06. The molecular formula is C29H35FN8. The van der Waals surface area contributed by atoms with Crippen LogP contribution in [0.5, 0.6) is 0 Å². The van der Waals surface area contributed by atoms with Crippen molar-refractivity contribution >= 4 is 11.5 Å². The minimum absolute atomic E-state index is 0.117. The Kier molecular flexibility index (Phi) is 7.31. The number of imidazole rings is 1. The van der Waals surface area contributed by atoms with E-state index in [0.29, 0.717) is 11.5 Å². The van der Waals surface area contributed by atoms with Gasteiger partial charge in [0.1, 0.15) is 17.0 Å². The molecule has 2 fully saturated rings. The predicted molar refractivity (Wildman–Crippen MR) is 149 cm³/mol. The van der Waals surface area contributed by atoms with E-state index in [2.05, 4.69) is 49.6 Å². The van der Waals surface area contributed by atoms with E-state index in [1.54, 1.807) is 6.20 Å². The van der Waals surface area contributed by atoms with E-state index < -0.39 is 5.82 Å². The van der Waals surface area contributed by atoms with Gasteiger partial charge in [0.05, 0.1) is 6.20 Å². The normalized spacial score (nSPS) is 19.5. The summed E-state index contributed by atoms with van der Waals surface area (Å²) in [5, 5.41) is 6.74. The minimum Gasteiger partial charge on any atom is -0.363 e. The van der Waals surface area contributed by atoms with Crippen LogP contribution in [-0.2, 0) is 6.54 Å². The Labute approximate surface area is 222 Å². The van der Waals surface area contributed by atoms with Crippen molar-refractivity contribution in [2.75, 3.05) is 51.6 Å². The van der Waals surface area contributed by atoms with Crippen LogP contribution in [0.15, 0.2) is 54.9 Å². The highest BCUT2D eigenvalue weighted by Crippen LogP contribution is 2.30. The van der Waals surface area contributed by atoms with Gasteiger partial charge < -0.3 is 15.5 Å². The molecule has 3 aromatic heterocycles. The third-order valence-electron chi connectivity index (χ3n) is 7.58. The SMILES string of the molecule is CN1CCCN(Cc2ccc(-c3nc(-c4cnc5ccccn45)nc(N[C@@H]4CCCNC4)c3F)cc2)CC1. The molecule has 2 aliphatic rings. The average molecular weight is 515 g/mol. The molecule has 0 radical (unpaired) electrons. The molecular weight excluding hydrogens is 479 g/mol. The molecule has 198 valence electrons. The zero-order chi connectivity index (χ0) is 25.9. The number of nitrogens with one attached hydrogen (secondary N) is 2. The van der Waals surface area contributed by atoms with Crippen LogP contribution in [0.2, 0.25) is 0 Å². The fraction of sp³-hybridized carbons (Fsp3) is 0.414. The van der Waals surface area contributed by atoms with Crippen LogP contribution >= 0.6 is 0 Å². The fourth-order valence-corrected chi connectivity index (χ4v) is 5.40. The average Bonchev–Trinajstić information content (AvgIpc) is 3.27. The minimum atomic E-state index is -0.420. The summed E-state index contributed by atoms with van der Waals surface area (Å²) in [5.41, 5.74) is 3.79. The molecule has 4 aromatic rings. The van der Waals surface area contributed by atoms with Gasteiger partial charge in [0.15, 0.2) is 17.5 Å². The van der Waals surface area contributed by atoms with E-state index >= 15 is 4.39 Å².